The van der Waals surface area contributed by atoms with Crippen molar-refractivity contribution in [3.63, 3.8) is 0 Å². The third kappa shape index (κ3) is 4.65. The van der Waals surface area contributed by atoms with Crippen molar-refractivity contribution >= 4 is 11.9 Å². The largest absolute Gasteiger partial charge is 0.461 e. The second-order valence-corrected chi connectivity index (χ2v) is 4.07. The summed E-state index contributed by atoms with van der Waals surface area (Å²) in [6.07, 6.45) is 0.733. The molecule has 0 spiro atoms. The summed E-state index contributed by atoms with van der Waals surface area (Å²) in [5, 5.41) is 6.72. The summed E-state index contributed by atoms with van der Waals surface area (Å²) in [5.74, 6) is -0.800. The monoisotopic (exact) mass is 283 g/mol. The number of nitrogens with zero attached hydrogens (tertiary/aromatic N) is 2. The van der Waals surface area contributed by atoms with Crippen LogP contribution in [0.3, 0.4) is 0 Å². The molecule has 7 heteroatoms. The van der Waals surface area contributed by atoms with Gasteiger partial charge in [-0.2, -0.15) is 5.10 Å². The average molecular weight is 283 g/mol. The van der Waals surface area contributed by atoms with Gasteiger partial charge in [0.05, 0.1) is 6.61 Å². The van der Waals surface area contributed by atoms with Crippen LogP contribution in [-0.2, 0) is 16.5 Å². The molecule has 0 fully saturated rings. The first-order valence-electron chi connectivity index (χ1n) is 6.67. The molecule has 0 aromatic carbocycles. The van der Waals surface area contributed by atoms with Crippen LogP contribution in [0.2, 0.25) is 0 Å². The quantitative estimate of drug-likeness (QED) is 0.562. The summed E-state index contributed by atoms with van der Waals surface area (Å²) >= 11 is 0. The van der Waals surface area contributed by atoms with Gasteiger partial charge in [-0.05, 0) is 20.3 Å². The highest BCUT2D eigenvalue weighted by Gasteiger charge is 2.17. The molecular formula is C13H21N3O4. The van der Waals surface area contributed by atoms with Crippen LogP contribution in [0.4, 0.5) is 0 Å². The summed E-state index contributed by atoms with van der Waals surface area (Å²) < 4.78 is 11.4. The maximum Gasteiger partial charge on any atom is 0.356 e. The van der Waals surface area contributed by atoms with Gasteiger partial charge < -0.3 is 14.8 Å². The number of amides is 1. The predicted octanol–water partition coefficient (Wildman–Crippen LogP) is 0.753. The van der Waals surface area contributed by atoms with E-state index in [9.17, 15) is 9.59 Å². The van der Waals surface area contributed by atoms with Gasteiger partial charge in [0.2, 0.25) is 0 Å². The number of ether oxygens (including phenoxy) is 2. The molecule has 0 aliphatic rings. The van der Waals surface area contributed by atoms with Gasteiger partial charge in [-0.3, -0.25) is 9.48 Å². The molecule has 0 saturated carbocycles. The molecule has 1 N–H and O–H groups in total. The SMILES string of the molecule is CCOCCCNC(=O)c1cc(C(=O)OCC)n(C)n1. The van der Waals surface area contributed by atoms with Crippen molar-refractivity contribution in [2.75, 3.05) is 26.4 Å². The van der Waals surface area contributed by atoms with E-state index in [0.717, 1.165) is 6.42 Å². The minimum atomic E-state index is -0.488. The summed E-state index contributed by atoms with van der Waals surface area (Å²) in [4.78, 5) is 23.4. The highest BCUT2D eigenvalue weighted by molar-refractivity contribution is 5.95. The molecule has 20 heavy (non-hydrogen) atoms. The number of aryl methyl sites for hydroxylation is 1. The number of esters is 1. The van der Waals surface area contributed by atoms with E-state index in [2.05, 4.69) is 10.4 Å². The predicted molar refractivity (Wildman–Crippen MR) is 72.6 cm³/mol. The Balaban J connectivity index is 2.52. The molecule has 1 aromatic heterocycles. The van der Waals surface area contributed by atoms with Crippen molar-refractivity contribution in [1.29, 1.82) is 0 Å². The number of carbonyl (C=O) groups is 2. The summed E-state index contributed by atoms with van der Waals surface area (Å²) in [7, 11) is 1.60. The third-order valence-electron chi connectivity index (χ3n) is 2.55. The fraction of sp³-hybridized carbons (Fsp3) is 0.615. The molecule has 0 aliphatic heterocycles. The van der Waals surface area contributed by atoms with Crippen molar-refractivity contribution in [3.05, 3.63) is 17.5 Å². The normalized spacial score (nSPS) is 10.3. The molecule has 1 heterocycles. The Morgan fingerprint density at radius 2 is 2.10 bits per heavy atom. The van der Waals surface area contributed by atoms with Crippen LogP contribution in [0.25, 0.3) is 0 Å². The van der Waals surface area contributed by atoms with E-state index in [-0.39, 0.29) is 23.9 Å². The van der Waals surface area contributed by atoms with E-state index < -0.39 is 5.97 Å². The van der Waals surface area contributed by atoms with Gasteiger partial charge in [0.15, 0.2) is 5.69 Å². The van der Waals surface area contributed by atoms with Gasteiger partial charge in [0.1, 0.15) is 5.69 Å². The summed E-state index contributed by atoms with van der Waals surface area (Å²) in [6.45, 7) is 5.70. The lowest BCUT2D eigenvalue weighted by Gasteiger charge is -2.02. The van der Waals surface area contributed by atoms with Crippen LogP contribution >= 0.6 is 0 Å². The summed E-state index contributed by atoms with van der Waals surface area (Å²) in [5.41, 5.74) is 0.457. The minimum Gasteiger partial charge on any atom is -0.461 e. The molecule has 1 amide bonds. The Morgan fingerprint density at radius 3 is 2.75 bits per heavy atom. The number of aromatic nitrogens is 2. The first-order chi connectivity index (χ1) is 9.60. The third-order valence-corrected chi connectivity index (χ3v) is 2.55. The first kappa shape index (κ1) is 16.2. The Morgan fingerprint density at radius 1 is 1.35 bits per heavy atom. The van der Waals surface area contributed by atoms with Crippen LogP contribution in [0.15, 0.2) is 6.07 Å². The van der Waals surface area contributed by atoms with Crippen molar-refractivity contribution in [3.8, 4) is 0 Å². The van der Waals surface area contributed by atoms with E-state index in [1.165, 1.54) is 10.7 Å². The lowest BCUT2D eigenvalue weighted by atomic mass is 10.3. The zero-order valence-corrected chi connectivity index (χ0v) is 12.1. The summed E-state index contributed by atoms with van der Waals surface area (Å²) in [6, 6.07) is 1.43. The standard InChI is InChI=1S/C13H21N3O4/c1-4-19-8-6-7-14-12(17)10-9-11(16(3)15-10)13(18)20-5-2/h9H,4-8H2,1-3H3,(H,14,17). The molecular weight excluding hydrogens is 262 g/mol. The fourth-order valence-corrected chi connectivity index (χ4v) is 1.59. The highest BCUT2D eigenvalue weighted by atomic mass is 16.5. The lowest BCUT2D eigenvalue weighted by molar-refractivity contribution is 0.0513. The zero-order valence-electron chi connectivity index (χ0n) is 12.1. The molecule has 112 valence electrons. The van der Waals surface area contributed by atoms with Crippen LogP contribution < -0.4 is 5.32 Å². The second kappa shape index (κ2) is 8.31. The lowest BCUT2D eigenvalue weighted by Crippen LogP contribution is -2.25. The first-order valence-corrected chi connectivity index (χ1v) is 6.67. The van der Waals surface area contributed by atoms with E-state index in [4.69, 9.17) is 9.47 Å². The molecule has 0 atom stereocenters. The Hall–Kier alpha value is -1.89. The maximum absolute atomic E-state index is 11.8. The Labute approximate surface area is 118 Å². The van der Waals surface area contributed by atoms with E-state index in [0.29, 0.717) is 19.8 Å². The van der Waals surface area contributed by atoms with E-state index >= 15 is 0 Å². The number of carbonyl (C=O) groups excluding carboxylic acids is 2. The molecule has 0 bridgehead atoms. The minimum absolute atomic E-state index is 0.201. The van der Waals surface area contributed by atoms with Gasteiger partial charge >= 0.3 is 5.97 Å². The Bertz CT molecular complexity index is 456. The van der Waals surface area contributed by atoms with Gasteiger partial charge in [-0.15, -0.1) is 0 Å². The van der Waals surface area contributed by atoms with Crippen molar-refractivity contribution < 1.29 is 19.1 Å². The highest BCUT2D eigenvalue weighted by Crippen LogP contribution is 2.05. The van der Waals surface area contributed by atoms with Crippen molar-refractivity contribution in [2.24, 2.45) is 7.05 Å². The number of rotatable bonds is 8. The molecule has 0 radical (unpaired) electrons. The van der Waals surface area contributed by atoms with Crippen molar-refractivity contribution in [2.45, 2.75) is 20.3 Å². The molecule has 1 aromatic rings. The topological polar surface area (TPSA) is 82.5 Å². The van der Waals surface area contributed by atoms with Crippen LogP contribution in [-0.4, -0.2) is 48.0 Å². The Kier molecular flexibility index (Phi) is 6.72. The van der Waals surface area contributed by atoms with Crippen LogP contribution in [0.1, 0.15) is 41.2 Å². The molecule has 0 saturated heterocycles. The van der Waals surface area contributed by atoms with E-state index in [1.54, 1.807) is 14.0 Å². The van der Waals surface area contributed by atoms with Crippen LogP contribution in [0, 0.1) is 0 Å². The van der Waals surface area contributed by atoms with Gasteiger partial charge in [0, 0.05) is 32.9 Å². The maximum atomic E-state index is 11.8. The average Bonchev–Trinajstić information content (AvgIpc) is 2.81. The molecule has 7 nitrogen and oxygen atoms in total. The number of hydrogen-bond donors (Lipinski definition) is 1. The smallest absolute Gasteiger partial charge is 0.356 e. The van der Waals surface area contributed by atoms with Gasteiger partial charge in [-0.1, -0.05) is 0 Å². The number of nitrogens with one attached hydrogen (secondary N) is 1. The molecule has 0 unspecified atom stereocenters. The molecule has 0 aliphatic carbocycles. The number of hydrogen-bond acceptors (Lipinski definition) is 5. The molecule has 1 rings (SSSR count). The fourth-order valence-electron chi connectivity index (χ4n) is 1.59. The van der Waals surface area contributed by atoms with Gasteiger partial charge in [-0.25, -0.2) is 4.79 Å². The van der Waals surface area contributed by atoms with Gasteiger partial charge in [0.25, 0.3) is 5.91 Å². The van der Waals surface area contributed by atoms with Crippen molar-refractivity contribution in [1.82, 2.24) is 15.1 Å². The van der Waals surface area contributed by atoms with E-state index in [1.807, 2.05) is 6.92 Å². The zero-order chi connectivity index (χ0) is 15.0. The van der Waals surface area contributed by atoms with Crippen LogP contribution in [0.5, 0.6) is 0 Å². The second-order valence-electron chi connectivity index (χ2n) is 4.07.